The lowest BCUT2D eigenvalue weighted by atomic mass is 9.92. The van der Waals surface area contributed by atoms with Crippen molar-refractivity contribution in [3.63, 3.8) is 0 Å². The topological polar surface area (TPSA) is 12.0 Å². The minimum Gasteiger partial charge on any atom is -0.316 e. The van der Waals surface area contributed by atoms with Gasteiger partial charge >= 0.3 is 0 Å². The molecule has 1 heterocycles. The second kappa shape index (κ2) is 5.76. The van der Waals surface area contributed by atoms with Crippen molar-refractivity contribution < 1.29 is 4.39 Å². The van der Waals surface area contributed by atoms with E-state index in [0.717, 1.165) is 31.5 Å². The molecule has 2 aromatic carbocycles. The Morgan fingerprint density at radius 3 is 2.85 bits per heavy atom. The van der Waals surface area contributed by atoms with Gasteiger partial charge in [-0.1, -0.05) is 37.3 Å². The summed E-state index contributed by atoms with van der Waals surface area (Å²) >= 11 is 0. The van der Waals surface area contributed by atoms with Gasteiger partial charge in [-0.2, -0.15) is 0 Å². The molecule has 0 bridgehead atoms. The molecule has 0 spiro atoms. The molecule has 0 saturated heterocycles. The van der Waals surface area contributed by atoms with Crippen LogP contribution >= 0.6 is 0 Å². The minimum atomic E-state index is -0.158. The summed E-state index contributed by atoms with van der Waals surface area (Å²) in [6, 6.07) is 13.6. The van der Waals surface area contributed by atoms with E-state index in [4.69, 9.17) is 0 Å². The second-order valence-corrected chi connectivity index (χ2v) is 5.70. The lowest BCUT2D eigenvalue weighted by Crippen LogP contribution is -2.18. The monoisotopic (exact) mass is 269 g/mol. The normalized spacial score (nSPS) is 18.4. The summed E-state index contributed by atoms with van der Waals surface area (Å²) in [5.41, 5.74) is 5.20. The van der Waals surface area contributed by atoms with Gasteiger partial charge in [-0.15, -0.1) is 0 Å². The third-order valence-corrected chi connectivity index (χ3v) is 4.06. The van der Waals surface area contributed by atoms with Crippen molar-refractivity contribution in [3.8, 4) is 0 Å². The molecule has 1 atom stereocenters. The number of nitrogens with one attached hydrogen (secondary N) is 1. The van der Waals surface area contributed by atoms with Crippen LogP contribution in [0.15, 0.2) is 42.5 Å². The number of hydrogen-bond acceptors (Lipinski definition) is 1. The molecule has 0 radical (unpaired) electrons. The molecule has 1 aliphatic rings. The first kappa shape index (κ1) is 13.3. The Labute approximate surface area is 119 Å². The Kier molecular flexibility index (Phi) is 3.83. The zero-order valence-electron chi connectivity index (χ0n) is 11.8. The molecule has 104 valence electrons. The Morgan fingerprint density at radius 1 is 1.15 bits per heavy atom. The van der Waals surface area contributed by atoms with Crippen molar-refractivity contribution in [2.75, 3.05) is 13.1 Å². The first-order valence-corrected chi connectivity index (χ1v) is 7.29. The van der Waals surface area contributed by atoms with Gasteiger partial charge < -0.3 is 5.32 Å². The fourth-order valence-electron chi connectivity index (χ4n) is 2.97. The van der Waals surface area contributed by atoms with E-state index in [9.17, 15) is 4.39 Å². The molecular formula is C18H20FN. The number of halogens is 1. The second-order valence-electron chi connectivity index (χ2n) is 5.70. The van der Waals surface area contributed by atoms with Gasteiger partial charge in [0, 0.05) is 6.54 Å². The van der Waals surface area contributed by atoms with Crippen LogP contribution in [0.5, 0.6) is 0 Å². The number of rotatable bonds is 2. The molecule has 1 nitrogen and oxygen atoms in total. The Bertz CT molecular complexity index is 606. The molecule has 0 saturated carbocycles. The largest absolute Gasteiger partial charge is 0.316 e. The van der Waals surface area contributed by atoms with Crippen LogP contribution in [0.2, 0.25) is 0 Å². The Balaban J connectivity index is 1.88. The van der Waals surface area contributed by atoms with Crippen LogP contribution in [0.1, 0.15) is 35.1 Å². The number of fused-ring (bicyclic) bond motifs is 1. The summed E-state index contributed by atoms with van der Waals surface area (Å²) in [5, 5.41) is 3.47. The summed E-state index contributed by atoms with van der Waals surface area (Å²) in [4.78, 5) is 0. The highest BCUT2D eigenvalue weighted by Gasteiger charge is 2.14. The highest BCUT2D eigenvalue weighted by atomic mass is 19.1. The molecule has 3 rings (SSSR count). The number of hydrogen-bond donors (Lipinski definition) is 1. The number of benzene rings is 2. The van der Waals surface area contributed by atoms with Gasteiger partial charge in [-0.3, -0.25) is 0 Å². The highest BCUT2D eigenvalue weighted by Crippen LogP contribution is 2.24. The molecular weight excluding hydrogens is 249 g/mol. The molecule has 20 heavy (non-hydrogen) atoms. The van der Waals surface area contributed by atoms with Crippen LogP contribution in [-0.4, -0.2) is 13.1 Å². The van der Waals surface area contributed by atoms with Gasteiger partial charge in [0.25, 0.3) is 0 Å². The lowest BCUT2D eigenvalue weighted by molar-refractivity contribution is 0.626. The smallest absolute Gasteiger partial charge is 0.123 e. The third kappa shape index (κ3) is 2.91. The maximum atomic E-state index is 13.3. The van der Waals surface area contributed by atoms with Gasteiger partial charge in [0.2, 0.25) is 0 Å². The summed E-state index contributed by atoms with van der Waals surface area (Å²) < 4.78 is 13.3. The fraction of sp³-hybridized carbons (Fsp3) is 0.333. The fourth-order valence-corrected chi connectivity index (χ4v) is 2.97. The first-order valence-electron chi connectivity index (χ1n) is 7.29. The van der Waals surface area contributed by atoms with Crippen LogP contribution < -0.4 is 5.32 Å². The van der Waals surface area contributed by atoms with Crippen molar-refractivity contribution in [3.05, 3.63) is 70.5 Å². The zero-order chi connectivity index (χ0) is 13.9. The van der Waals surface area contributed by atoms with Crippen LogP contribution in [-0.2, 0) is 12.8 Å². The van der Waals surface area contributed by atoms with Crippen LogP contribution in [0.25, 0.3) is 0 Å². The van der Waals surface area contributed by atoms with Crippen LogP contribution in [0.4, 0.5) is 4.39 Å². The standard InChI is InChI=1S/C18H20FN/c1-13-12-20-8-7-16-6-5-15(11-18(13)16)9-14-3-2-4-17(19)10-14/h2-6,10-11,13,20H,7-9,12H2,1H3/t13-/m1/s1. The molecule has 1 aliphatic heterocycles. The molecule has 0 amide bonds. The third-order valence-electron chi connectivity index (χ3n) is 4.06. The average molecular weight is 269 g/mol. The Morgan fingerprint density at radius 2 is 2.00 bits per heavy atom. The molecule has 0 aromatic heterocycles. The van der Waals surface area contributed by atoms with Gasteiger partial charge in [-0.05, 0) is 59.7 Å². The van der Waals surface area contributed by atoms with E-state index in [0.29, 0.717) is 5.92 Å². The van der Waals surface area contributed by atoms with E-state index in [1.807, 2.05) is 6.07 Å². The predicted molar refractivity (Wildman–Crippen MR) is 80.6 cm³/mol. The van der Waals surface area contributed by atoms with E-state index in [-0.39, 0.29) is 5.82 Å². The molecule has 0 unspecified atom stereocenters. The summed E-state index contributed by atoms with van der Waals surface area (Å²) in [7, 11) is 0. The first-order chi connectivity index (χ1) is 9.72. The Hall–Kier alpha value is -1.67. The SMILES string of the molecule is C[C@@H]1CNCCc2ccc(Cc3cccc(F)c3)cc21. The lowest BCUT2D eigenvalue weighted by Gasteiger charge is -2.14. The summed E-state index contributed by atoms with van der Waals surface area (Å²) in [6.07, 6.45) is 1.89. The van der Waals surface area contributed by atoms with Crippen molar-refractivity contribution in [2.45, 2.75) is 25.7 Å². The average Bonchev–Trinajstić information content (AvgIpc) is 2.61. The van der Waals surface area contributed by atoms with Crippen molar-refractivity contribution >= 4 is 0 Å². The van der Waals surface area contributed by atoms with Crippen LogP contribution in [0, 0.1) is 5.82 Å². The maximum absolute atomic E-state index is 13.3. The van der Waals surface area contributed by atoms with Gasteiger partial charge in [0.1, 0.15) is 5.82 Å². The van der Waals surface area contributed by atoms with E-state index >= 15 is 0 Å². The van der Waals surface area contributed by atoms with E-state index in [2.05, 4.69) is 30.4 Å². The van der Waals surface area contributed by atoms with E-state index in [1.54, 1.807) is 12.1 Å². The highest BCUT2D eigenvalue weighted by molar-refractivity contribution is 5.38. The maximum Gasteiger partial charge on any atom is 0.123 e. The summed E-state index contributed by atoms with van der Waals surface area (Å²) in [6.45, 7) is 4.36. The van der Waals surface area contributed by atoms with Gasteiger partial charge in [0.05, 0.1) is 0 Å². The summed E-state index contributed by atoms with van der Waals surface area (Å²) in [5.74, 6) is 0.384. The molecule has 0 fully saturated rings. The van der Waals surface area contributed by atoms with Gasteiger partial charge in [0.15, 0.2) is 0 Å². The van der Waals surface area contributed by atoms with Crippen LogP contribution in [0.3, 0.4) is 0 Å². The van der Waals surface area contributed by atoms with Crippen molar-refractivity contribution in [1.29, 1.82) is 0 Å². The zero-order valence-corrected chi connectivity index (χ0v) is 11.8. The van der Waals surface area contributed by atoms with Crippen molar-refractivity contribution in [2.24, 2.45) is 0 Å². The van der Waals surface area contributed by atoms with E-state index < -0.39 is 0 Å². The van der Waals surface area contributed by atoms with E-state index in [1.165, 1.54) is 22.8 Å². The molecule has 0 aliphatic carbocycles. The molecule has 2 heteroatoms. The predicted octanol–water partition coefficient (Wildman–Crippen LogP) is 3.67. The minimum absolute atomic E-state index is 0.158. The molecule has 1 N–H and O–H groups in total. The quantitative estimate of drug-likeness (QED) is 0.877. The molecule has 2 aromatic rings. The van der Waals surface area contributed by atoms with Crippen molar-refractivity contribution in [1.82, 2.24) is 5.32 Å². The van der Waals surface area contributed by atoms with Gasteiger partial charge in [-0.25, -0.2) is 4.39 Å².